The van der Waals surface area contributed by atoms with Crippen molar-refractivity contribution >= 4 is 0 Å². The zero-order chi connectivity index (χ0) is 13.1. The van der Waals surface area contributed by atoms with Crippen molar-refractivity contribution in [2.75, 3.05) is 13.2 Å². The van der Waals surface area contributed by atoms with Gasteiger partial charge in [-0.3, -0.25) is 0 Å². The van der Waals surface area contributed by atoms with Gasteiger partial charge in [0.15, 0.2) is 0 Å². The van der Waals surface area contributed by atoms with Crippen LogP contribution in [-0.4, -0.2) is 19.2 Å². The fourth-order valence-corrected chi connectivity index (χ4v) is 3.56. The van der Waals surface area contributed by atoms with Gasteiger partial charge in [0.1, 0.15) is 0 Å². The molecule has 2 atom stereocenters. The van der Waals surface area contributed by atoms with Crippen LogP contribution in [0.2, 0.25) is 0 Å². The van der Waals surface area contributed by atoms with Crippen molar-refractivity contribution in [1.82, 2.24) is 5.32 Å². The first-order chi connectivity index (χ1) is 9.34. The second-order valence-electron chi connectivity index (χ2n) is 6.05. The highest BCUT2D eigenvalue weighted by atomic mass is 16.5. The van der Waals surface area contributed by atoms with Crippen LogP contribution < -0.4 is 5.32 Å². The number of ether oxygens (including phenoxy) is 1. The lowest BCUT2D eigenvalue weighted by Gasteiger charge is -2.29. The molecule has 3 rings (SSSR count). The van der Waals surface area contributed by atoms with Gasteiger partial charge < -0.3 is 10.1 Å². The molecule has 104 valence electrons. The summed E-state index contributed by atoms with van der Waals surface area (Å²) in [6.45, 7) is 4.15. The van der Waals surface area contributed by atoms with Crippen molar-refractivity contribution in [2.45, 2.75) is 51.2 Å². The maximum Gasteiger partial charge on any atom is 0.0952 e. The summed E-state index contributed by atoms with van der Waals surface area (Å²) in [5.74, 6) is 0.874. The third-order valence-corrected chi connectivity index (χ3v) is 4.82. The number of hydrogen-bond acceptors (Lipinski definition) is 2. The largest absolute Gasteiger partial charge is 0.372 e. The Morgan fingerprint density at radius 2 is 2.05 bits per heavy atom. The highest BCUT2D eigenvalue weighted by Crippen LogP contribution is 2.29. The fraction of sp³-hybridized carbons (Fsp3) is 0.647. The maximum atomic E-state index is 5.95. The van der Waals surface area contributed by atoms with Crippen LogP contribution in [0.3, 0.4) is 0 Å². The summed E-state index contributed by atoms with van der Waals surface area (Å²) in [4.78, 5) is 0. The smallest absolute Gasteiger partial charge is 0.0952 e. The highest BCUT2D eigenvalue weighted by molar-refractivity contribution is 5.31. The molecule has 2 nitrogen and oxygen atoms in total. The van der Waals surface area contributed by atoms with E-state index in [9.17, 15) is 0 Å². The molecule has 1 N–H and O–H groups in total. The van der Waals surface area contributed by atoms with Crippen molar-refractivity contribution in [1.29, 1.82) is 0 Å². The van der Waals surface area contributed by atoms with E-state index < -0.39 is 0 Å². The minimum absolute atomic E-state index is 0.244. The number of rotatable bonds is 4. The Morgan fingerprint density at radius 3 is 2.89 bits per heavy atom. The van der Waals surface area contributed by atoms with E-state index in [2.05, 4.69) is 36.5 Å². The molecule has 2 unspecified atom stereocenters. The van der Waals surface area contributed by atoms with Crippen molar-refractivity contribution in [3.8, 4) is 0 Å². The number of fused-ring (bicyclic) bond motifs is 1. The van der Waals surface area contributed by atoms with Gasteiger partial charge in [-0.25, -0.2) is 0 Å². The zero-order valence-corrected chi connectivity index (χ0v) is 11.9. The zero-order valence-electron chi connectivity index (χ0n) is 11.9. The van der Waals surface area contributed by atoms with E-state index in [1.807, 2.05) is 0 Å². The minimum atomic E-state index is 0.244. The Bertz CT molecular complexity index is 411. The van der Waals surface area contributed by atoms with Crippen LogP contribution in [0.1, 0.15) is 49.8 Å². The van der Waals surface area contributed by atoms with Gasteiger partial charge in [0, 0.05) is 12.6 Å². The van der Waals surface area contributed by atoms with Crippen LogP contribution >= 0.6 is 0 Å². The Hall–Kier alpha value is -0.860. The molecular weight excluding hydrogens is 234 g/mol. The molecule has 1 aromatic rings. The first-order valence-electron chi connectivity index (χ1n) is 7.77. The summed E-state index contributed by atoms with van der Waals surface area (Å²) in [6.07, 6.45) is 6.94. The lowest BCUT2D eigenvalue weighted by Crippen LogP contribution is -2.37. The molecule has 1 saturated carbocycles. The number of benzene rings is 1. The quantitative estimate of drug-likeness (QED) is 0.894. The summed E-state index contributed by atoms with van der Waals surface area (Å²) < 4.78 is 5.95. The monoisotopic (exact) mass is 259 g/mol. The first-order valence-corrected chi connectivity index (χ1v) is 7.77. The molecular formula is C17H25NO. The minimum Gasteiger partial charge on any atom is -0.372 e. The average molecular weight is 259 g/mol. The van der Waals surface area contributed by atoms with Gasteiger partial charge in [-0.1, -0.05) is 37.1 Å². The van der Waals surface area contributed by atoms with Gasteiger partial charge in [-0.05, 0) is 43.2 Å². The van der Waals surface area contributed by atoms with Gasteiger partial charge in [-0.2, -0.15) is 0 Å². The molecule has 1 heterocycles. The second kappa shape index (κ2) is 6.06. The van der Waals surface area contributed by atoms with Crippen molar-refractivity contribution in [2.24, 2.45) is 5.92 Å². The molecule has 0 bridgehead atoms. The van der Waals surface area contributed by atoms with Gasteiger partial charge >= 0.3 is 0 Å². The SMILES string of the molecule is CC(NCC1OCCc2ccccc21)C1CCCC1. The molecule has 0 saturated heterocycles. The number of hydrogen-bond donors (Lipinski definition) is 1. The standard InChI is InChI=1S/C17H25NO/c1-13(14-6-2-3-7-14)18-12-17-16-9-5-4-8-15(16)10-11-19-17/h4-5,8-9,13-14,17-18H,2-3,6-7,10-12H2,1H3. The number of nitrogens with one attached hydrogen (secondary N) is 1. The topological polar surface area (TPSA) is 21.3 Å². The van der Waals surface area contributed by atoms with Crippen LogP contribution in [0.5, 0.6) is 0 Å². The maximum absolute atomic E-state index is 5.95. The lowest BCUT2D eigenvalue weighted by molar-refractivity contribution is 0.0397. The lowest BCUT2D eigenvalue weighted by atomic mass is 9.96. The second-order valence-corrected chi connectivity index (χ2v) is 6.05. The summed E-state index contributed by atoms with van der Waals surface area (Å²) in [5.41, 5.74) is 2.86. The van der Waals surface area contributed by atoms with Gasteiger partial charge in [-0.15, -0.1) is 0 Å². The third-order valence-electron chi connectivity index (χ3n) is 4.82. The van der Waals surface area contributed by atoms with Crippen LogP contribution in [0, 0.1) is 5.92 Å². The molecule has 0 spiro atoms. The Kier molecular flexibility index (Phi) is 4.19. The van der Waals surface area contributed by atoms with E-state index in [1.54, 1.807) is 0 Å². The van der Waals surface area contributed by atoms with Crippen molar-refractivity contribution < 1.29 is 4.74 Å². The molecule has 1 aromatic carbocycles. The van der Waals surface area contributed by atoms with E-state index >= 15 is 0 Å². The molecule has 2 heteroatoms. The van der Waals surface area contributed by atoms with Gasteiger partial charge in [0.05, 0.1) is 12.7 Å². The normalized spacial score (nSPS) is 25.2. The van der Waals surface area contributed by atoms with E-state index in [4.69, 9.17) is 4.74 Å². The highest BCUT2D eigenvalue weighted by Gasteiger charge is 2.24. The predicted octanol–water partition coefficient (Wildman–Crippen LogP) is 3.47. The van der Waals surface area contributed by atoms with Crippen molar-refractivity contribution in [3.63, 3.8) is 0 Å². The van der Waals surface area contributed by atoms with Crippen molar-refractivity contribution in [3.05, 3.63) is 35.4 Å². The summed E-state index contributed by atoms with van der Waals surface area (Å²) in [6, 6.07) is 9.35. The van der Waals surface area contributed by atoms with Gasteiger partial charge in [0.2, 0.25) is 0 Å². The van der Waals surface area contributed by atoms with E-state index in [1.165, 1.54) is 36.8 Å². The van der Waals surface area contributed by atoms with E-state index in [0.717, 1.165) is 25.5 Å². The Labute approximate surface area is 116 Å². The molecule has 0 aromatic heterocycles. The Morgan fingerprint density at radius 1 is 1.26 bits per heavy atom. The molecule has 19 heavy (non-hydrogen) atoms. The van der Waals surface area contributed by atoms with Crippen LogP contribution in [0.25, 0.3) is 0 Å². The van der Waals surface area contributed by atoms with Crippen LogP contribution in [-0.2, 0) is 11.2 Å². The summed E-state index contributed by atoms with van der Waals surface area (Å²) in [5, 5.41) is 3.71. The van der Waals surface area contributed by atoms with Crippen LogP contribution in [0.15, 0.2) is 24.3 Å². The van der Waals surface area contributed by atoms with Gasteiger partial charge in [0.25, 0.3) is 0 Å². The summed E-state index contributed by atoms with van der Waals surface area (Å²) >= 11 is 0. The molecule has 0 radical (unpaired) electrons. The Balaban J connectivity index is 1.58. The van der Waals surface area contributed by atoms with E-state index in [-0.39, 0.29) is 6.10 Å². The molecule has 1 aliphatic carbocycles. The fourth-order valence-electron chi connectivity index (χ4n) is 3.56. The first kappa shape index (κ1) is 13.1. The van der Waals surface area contributed by atoms with Crippen LogP contribution in [0.4, 0.5) is 0 Å². The molecule has 2 aliphatic rings. The average Bonchev–Trinajstić information content (AvgIpc) is 2.99. The van der Waals surface area contributed by atoms with E-state index in [0.29, 0.717) is 6.04 Å². The molecule has 1 aliphatic heterocycles. The summed E-state index contributed by atoms with van der Waals surface area (Å²) in [7, 11) is 0. The third kappa shape index (κ3) is 3.01. The molecule has 1 fully saturated rings. The molecule has 0 amide bonds. The predicted molar refractivity (Wildman–Crippen MR) is 78.3 cm³/mol.